The molecule has 2 fully saturated rings. The van der Waals surface area contributed by atoms with Gasteiger partial charge in [-0.05, 0) is 55.4 Å². The molecule has 1 aliphatic heterocycles. The van der Waals surface area contributed by atoms with Crippen molar-refractivity contribution in [2.24, 2.45) is 11.7 Å². The van der Waals surface area contributed by atoms with Crippen molar-refractivity contribution in [3.8, 4) is 0 Å². The highest BCUT2D eigenvalue weighted by molar-refractivity contribution is 6.06. The molecule has 1 spiro atoms. The van der Waals surface area contributed by atoms with Gasteiger partial charge in [-0.3, -0.25) is 14.4 Å². The van der Waals surface area contributed by atoms with Crippen LogP contribution < -0.4 is 11.1 Å². The molecule has 4 amide bonds. The number of nitrogens with zero attached hydrogens (tertiary/aromatic N) is 2. The van der Waals surface area contributed by atoms with Gasteiger partial charge in [0.05, 0.1) is 0 Å². The van der Waals surface area contributed by atoms with Gasteiger partial charge in [0.1, 0.15) is 6.54 Å². The lowest BCUT2D eigenvalue weighted by atomic mass is 9.94. The first-order chi connectivity index (χ1) is 18.9. The Morgan fingerprint density at radius 1 is 1.18 bits per heavy atom. The number of carbonyl (C=O) groups excluding carboxylic acids is 4. The molecule has 40 heavy (non-hydrogen) atoms. The summed E-state index contributed by atoms with van der Waals surface area (Å²) in [6.07, 6.45) is -3.45. The number of alkyl halides is 3. The second kappa shape index (κ2) is 10.2. The summed E-state index contributed by atoms with van der Waals surface area (Å²) in [4.78, 5) is 54.4. The van der Waals surface area contributed by atoms with E-state index in [1.165, 1.54) is 18.2 Å². The van der Waals surface area contributed by atoms with Crippen molar-refractivity contribution in [1.82, 2.24) is 9.80 Å². The number of rotatable bonds is 8. The molecule has 212 valence electrons. The third kappa shape index (κ3) is 5.15. The number of anilines is 1. The van der Waals surface area contributed by atoms with Crippen LogP contribution in [0.2, 0.25) is 0 Å². The molecule has 1 saturated carbocycles. The van der Waals surface area contributed by atoms with E-state index in [1.807, 2.05) is 37.3 Å². The highest BCUT2D eigenvalue weighted by Gasteiger charge is 2.58. The van der Waals surface area contributed by atoms with Crippen LogP contribution >= 0.6 is 0 Å². The first-order valence-electron chi connectivity index (χ1n) is 13.1. The minimum atomic E-state index is -4.90. The summed E-state index contributed by atoms with van der Waals surface area (Å²) in [6, 6.07) is 10.9. The van der Waals surface area contributed by atoms with Gasteiger partial charge in [-0.1, -0.05) is 36.4 Å². The van der Waals surface area contributed by atoms with Gasteiger partial charge in [0.15, 0.2) is 6.04 Å². The predicted molar refractivity (Wildman–Crippen MR) is 136 cm³/mol. The Hall–Kier alpha value is -3.93. The van der Waals surface area contributed by atoms with Gasteiger partial charge in [-0.15, -0.1) is 0 Å². The van der Waals surface area contributed by atoms with Crippen molar-refractivity contribution >= 4 is 29.5 Å². The molecule has 2 aromatic carbocycles. The number of hydrogen-bond donors (Lipinski definition) is 2. The van der Waals surface area contributed by atoms with Crippen LogP contribution in [0.15, 0.2) is 48.5 Å². The average molecular weight is 559 g/mol. The Labute approximate surface area is 228 Å². The predicted octanol–water partition coefficient (Wildman–Crippen LogP) is 3.46. The van der Waals surface area contributed by atoms with E-state index in [1.54, 1.807) is 4.90 Å². The molecule has 3 aliphatic rings. The normalized spacial score (nSPS) is 21.7. The van der Waals surface area contributed by atoms with Crippen LogP contribution in [0.1, 0.15) is 42.9 Å². The average Bonchev–Trinajstić information content (AvgIpc) is 3.67. The highest BCUT2D eigenvalue weighted by atomic mass is 19.4. The molecule has 0 radical (unpaired) electrons. The summed E-state index contributed by atoms with van der Waals surface area (Å²) in [5, 5.41) is 2.13. The second-order valence-corrected chi connectivity index (χ2v) is 10.6. The summed E-state index contributed by atoms with van der Waals surface area (Å²) in [6.45, 7) is 1.84. The molecule has 3 N–H and O–H groups in total. The summed E-state index contributed by atoms with van der Waals surface area (Å²) in [5.74, 6) is -2.10. The van der Waals surface area contributed by atoms with E-state index < -0.39 is 42.3 Å². The van der Waals surface area contributed by atoms with E-state index in [4.69, 9.17) is 10.5 Å². The van der Waals surface area contributed by atoms with Crippen molar-refractivity contribution in [1.29, 1.82) is 0 Å². The zero-order valence-corrected chi connectivity index (χ0v) is 21.7. The minimum absolute atomic E-state index is 0.0647. The van der Waals surface area contributed by atoms with Gasteiger partial charge < -0.3 is 20.7 Å². The Bertz CT molecular complexity index is 1350. The van der Waals surface area contributed by atoms with Gasteiger partial charge >= 0.3 is 12.3 Å². The van der Waals surface area contributed by atoms with E-state index in [0.717, 1.165) is 23.3 Å². The first-order valence-corrected chi connectivity index (χ1v) is 13.1. The SMILES string of the molecule is C[C@@H](C1CC1)N(Cc1ccccc1)C(=O)CN1C(=O)O[C@]2(CCc3cc(NC(=O)[C@@H](N)C(F)(F)F)ccc32)C1=O. The fourth-order valence-corrected chi connectivity index (χ4v) is 5.40. The van der Waals surface area contributed by atoms with Crippen molar-refractivity contribution in [2.45, 2.75) is 63.0 Å². The van der Waals surface area contributed by atoms with Gasteiger partial charge in [0.25, 0.3) is 11.8 Å². The second-order valence-electron chi connectivity index (χ2n) is 10.6. The minimum Gasteiger partial charge on any atom is -0.427 e. The number of fused-ring (bicyclic) bond motifs is 2. The topological polar surface area (TPSA) is 122 Å². The molecule has 5 rings (SSSR count). The largest absolute Gasteiger partial charge is 0.427 e. The fraction of sp³-hybridized carbons (Fsp3) is 0.429. The van der Waals surface area contributed by atoms with Crippen LogP contribution in [0.5, 0.6) is 0 Å². The van der Waals surface area contributed by atoms with Crippen molar-refractivity contribution < 1.29 is 37.1 Å². The number of nitrogens with one attached hydrogen (secondary N) is 1. The number of amides is 4. The molecule has 9 nitrogen and oxygen atoms in total. The third-order valence-electron chi connectivity index (χ3n) is 7.87. The van der Waals surface area contributed by atoms with Crippen LogP contribution in [0.3, 0.4) is 0 Å². The Morgan fingerprint density at radius 2 is 1.88 bits per heavy atom. The zero-order chi connectivity index (χ0) is 28.8. The molecule has 1 heterocycles. The summed E-state index contributed by atoms with van der Waals surface area (Å²) in [7, 11) is 0. The molecular weight excluding hydrogens is 529 g/mol. The number of nitrogens with two attached hydrogens (primary N) is 1. The number of imide groups is 1. The van der Waals surface area contributed by atoms with Crippen molar-refractivity contribution in [2.75, 3.05) is 11.9 Å². The molecule has 12 heteroatoms. The van der Waals surface area contributed by atoms with Gasteiger partial charge in [0.2, 0.25) is 11.5 Å². The van der Waals surface area contributed by atoms with Gasteiger partial charge in [0, 0.05) is 30.3 Å². The molecule has 3 atom stereocenters. The lowest BCUT2D eigenvalue weighted by molar-refractivity contribution is -0.159. The van der Waals surface area contributed by atoms with Crippen molar-refractivity contribution in [3.05, 3.63) is 65.2 Å². The van der Waals surface area contributed by atoms with Gasteiger partial charge in [-0.2, -0.15) is 13.2 Å². The molecule has 0 bridgehead atoms. The monoisotopic (exact) mass is 558 g/mol. The molecular formula is C28H29F3N4O5. The van der Waals surface area contributed by atoms with Crippen LogP contribution in [0.4, 0.5) is 23.7 Å². The lowest BCUT2D eigenvalue weighted by Gasteiger charge is -2.30. The zero-order valence-electron chi connectivity index (χ0n) is 21.7. The fourth-order valence-electron chi connectivity index (χ4n) is 5.40. The summed E-state index contributed by atoms with van der Waals surface area (Å²) < 4.78 is 43.9. The van der Waals surface area contributed by atoms with Crippen LogP contribution in [0, 0.1) is 5.92 Å². The van der Waals surface area contributed by atoms with E-state index >= 15 is 0 Å². The Kier molecular flexibility index (Phi) is 7.07. The maximum absolute atomic E-state index is 13.6. The quantitative estimate of drug-likeness (QED) is 0.512. The van der Waals surface area contributed by atoms with Crippen molar-refractivity contribution in [3.63, 3.8) is 0 Å². The maximum atomic E-state index is 13.6. The smallest absolute Gasteiger partial charge is 0.418 e. The van der Waals surface area contributed by atoms with E-state index in [9.17, 15) is 32.3 Å². The number of hydrogen-bond acceptors (Lipinski definition) is 6. The number of halogens is 3. The molecule has 0 aromatic heterocycles. The maximum Gasteiger partial charge on any atom is 0.418 e. The summed E-state index contributed by atoms with van der Waals surface area (Å²) in [5.41, 5.74) is 5.22. The van der Waals surface area contributed by atoms with E-state index in [0.29, 0.717) is 23.6 Å². The third-order valence-corrected chi connectivity index (χ3v) is 7.87. The van der Waals surface area contributed by atoms with E-state index in [2.05, 4.69) is 5.32 Å². The Morgan fingerprint density at radius 3 is 2.52 bits per heavy atom. The molecule has 2 aliphatic carbocycles. The van der Waals surface area contributed by atoms with E-state index in [-0.39, 0.29) is 30.5 Å². The number of carbonyl (C=O) groups is 4. The molecule has 1 saturated heterocycles. The number of ether oxygens (including phenoxy) is 1. The number of aryl methyl sites for hydroxylation is 1. The van der Waals surface area contributed by atoms with Gasteiger partial charge in [-0.25, -0.2) is 9.69 Å². The Balaban J connectivity index is 1.32. The summed E-state index contributed by atoms with van der Waals surface area (Å²) >= 11 is 0. The molecule has 2 aromatic rings. The van der Waals surface area contributed by atoms with Crippen LogP contribution in [0.25, 0.3) is 0 Å². The highest BCUT2D eigenvalue weighted by Crippen LogP contribution is 2.46. The first kappa shape index (κ1) is 27.6. The number of benzene rings is 2. The molecule has 0 unspecified atom stereocenters. The standard InChI is InChI=1S/C28H29F3N4O5/c1-16(18-7-8-18)34(14-17-5-3-2-4-6-17)22(36)15-35-25(38)27(40-26(35)39)12-11-19-13-20(9-10-21(19)27)33-24(37)23(32)28(29,30)31/h2-6,9-10,13,16,18,23H,7-8,11-12,14-15,32H2,1H3,(H,33,37)/t16-,23+,27-/m0/s1. The lowest BCUT2D eigenvalue weighted by Crippen LogP contribution is -2.47. The van der Waals surface area contributed by atoms with Crippen LogP contribution in [-0.4, -0.2) is 58.4 Å². The van der Waals surface area contributed by atoms with Crippen LogP contribution in [-0.2, 0) is 37.7 Å².